The van der Waals surface area contributed by atoms with E-state index >= 15 is 0 Å². The highest BCUT2D eigenvalue weighted by molar-refractivity contribution is 7.16. The fraction of sp³-hybridized carbons (Fsp3) is 0.476. The molecule has 0 spiro atoms. The predicted molar refractivity (Wildman–Crippen MR) is 108 cm³/mol. The maximum Gasteiger partial charge on any atom is 0.390 e. The number of halogens is 3. The molecule has 29 heavy (non-hydrogen) atoms. The number of hydrazine groups is 1. The SMILES string of the molecule is CC1(C)CCc2sc(-c3ccccc3CN(N)CCC(F)(F)F)c(C(=O)O)c2C1. The van der Waals surface area contributed by atoms with Gasteiger partial charge in [-0.25, -0.2) is 9.80 Å². The molecular weight excluding hydrogens is 401 g/mol. The van der Waals surface area contributed by atoms with Crippen molar-refractivity contribution in [3.63, 3.8) is 0 Å². The van der Waals surface area contributed by atoms with Crippen LogP contribution in [-0.4, -0.2) is 28.8 Å². The number of carboxylic acids is 1. The average Bonchev–Trinajstić information content (AvgIpc) is 2.97. The molecule has 2 aromatic rings. The molecule has 0 amide bonds. The highest BCUT2D eigenvalue weighted by Crippen LogP contribution is 2.45. The first-order chi connectivity index (χ1) is 13.5. The van der Waals surface area contributed by atoms with Crippen LogP contribution in [0, 0.1) is 5.41 Å². The standard InChI is InChI=1S/C21H25F3N2O2S/c1-20(2)8-7-16-15(11-20)17(19(27)28)18(29-16)14-6-4-3-5-13(14)12-26(25)10-9-21(22,23)24/h3-6H,7-12,25H2,1-2H3,(H,27,28). The van der Waals surface area contributed by atoms with Crippen LogP contribution in [0.25, 0.3) is 10.4 Å². The van der Waals surface area contributed by atoms with Gasteiger partial charge in [-0.05, 0) is 41.4 Å². The second-order valence-electron chi connectivity index (χ2n) is 8.35. The van der Waals surface area contributed by atoms with E-state index in [-0.39, 0.29) is 18.5 Å². The van der Waals surface area contributed by atoms with E-state index in [2.05, 4.69) is 13.8 Å². The van der Waals surface area contributed by atoms with Crippen LogP contribution in [-0.2, 0) is 19.4 Å². The Morgan fingerprint density at radius 2 is 2.00 bits per heavy atom. The number of alkyl halides is 3. The van der Waals surface area contributed by atoms with Crippen LogP contribution in [0.1, 0.15) is 53.1 Å². The summed E-state index contributed by atoms with van der Waals surface area (Å²) in [4.78, 5) is 13.9. The van der Waals surface area contributed by atoms with E-state index < -0.39 is 18.6 Å². The van der Waals surface area contributed by atoms with E-state index in [1.807, 2.05) is 12.1 Å². The molecule has 3 rings (SSSR count). The number of hydrogen-bond donors (Lipinski definition) is 2. The first kappa shape index (κ1) is 21.8. The molecule has 158 valence electrons. The number of aryl methyl sites for hydroxylation is 1. The summed E-state index contributed by atoms with van der Waals surface area (Å²) >= 11 is 1.48. The van der Waals surface area contributed by atoms with E-state index in [1.54, 1.807) is 12.1 Å². The van der Waals surface area contributed by atoms with Gasteiger partial charge in [0.15, 0.2) is 0 Å². The predicted octanol–water partition coefficient (Wildman–Crippen LogP) is 5.26. The van der Waals surface area contributed by atoms with E-state index in [9.17, 15) is 23.1 Å². The summed E-state index contributed by atoms with van der Waals surface area (Å²) in [6, 6.07) is 7.20. The van der Waals surface area contributed by atoms with Gasteiger partial charge in [-0.15, -0.1) is 11.3 Å². The molecule has 1 aliphatic carbocycles. The molecule has 1 aromatic carbocycles. The van der Waals surface area contributed by atoms with E-state index in [4.69, 9.17) is 5.84 Å². The highest BCUT2D eigenvalue weighted by atomic mass is 32.1. The largest absolute Gasteiger partial charge is 0.478 e. The third-order valence-electron chi connectivity index (χ3n) is 5.31. The minimum atomic E-state index is -4.27. The Labute approximate surface area is 172 Å². The summed E-state index contributed by atoms with van der Waals surface area (Å²) in [7, 11) is 0. The lowest BCUT2D eigenvalue weighted by Gasteiger charge is -2.29. The number of rotatable bonds is 6. The highest BCUT2D eigenvalue weighted by Gasteiger charge is 2.33. The van der Waals surface area contributed by atoms with Gasteiger partial charge in [0.2, 0.25) is 0 Å². The molecule has 0 saturated heterocycles. The zero-order valence-electron chi connectivity index (χ0n) is 16.5. The Kier molecular flexibility index (Phi) is 6.08. The van der Waals surface area contributed by atoms with Gasteiger partial charge in [-0.1, -0.05) is 38.1 Å². The fourth-order valence-corrected chi connectivity index (χ4v) is 5.15. The third kappa shape index (κ3) is 5.18. The summed E-state index contributed by atoms with van der Waals surface area (Å²) < 4.78 is 37.5. The zero-order chi connectivity index (χ0) is 21.4. The Hall–Kier alpha value is -1.90. The number of hydrogen-bond acceptors (Lipinski definition) is 4. The van der Waals surface area contributed by atoms with Crippen molar-refractivity contribution in [1.82, 2.24) is 5.01 Å². The summed E-state index contributed by atoms with van der Waals surface area (Å²) in [5.41, 5.74) is 2.71. The first-order valence-electron chi connectivity index (χ1n) is 9.49. The molecular formula is C21H25F3N2O2S. The maximum atomic E-state index is 12.5. The molecule has 0 saturated carbocycles. The summed E-state index contributed by atoms with van der Waals surface area (Å²) in [6.07, 6.45) is -2.72. The number of fused-ring (bicyclic) bond motifs is 1. The molecule has 1 aromatic heterocycles. The fourth-order valence-electron chi connectivity index (χ4n) is 3.78. The van der Waals surface area contributed by atoms with Gasteiger partial charge in [0.1, 0.15) is 0 Å². The maximum absolute atomic E-state index is 12.5. The molecule has 1 heterocycles. The van der Waals surface area contributed by atoms with Crippen molar-refractivity contribution < 1.29 is 23.1 Å². The second kappa shape index (κ2) is 8.08. The minimum absolute atomic E-state index is 0.0424. The lowest BCUT2D eigenvalue weighted by molar-refractivity contribution is -0.138. The monoisotopic (exact) mass is 426 g/mol. The van der Waals surface area contributed by atoms with Gasteiger partial charge in [-0.3, -0.25) is 5.84 Å². The quantitative estimate of drug-likeness (QED) is 0.489. The Bertz CT molecular complexity index is 906. The number of benzene rings is 1. The Morgan fingerprint density at radius 1 is 1.31 bits per heavy atom. The average molecular weight is 427 g/mol. The molecule has 0 atom stereocenters. The van der Waals surface area contributed by atoms with Crippen LogP contribution in [0.4, 0.5) is 13.2 Å². The molecule has 3 N–H and O–H groups in total. The molecule has 4 nitrogen and oxygen atoms in total. The Balaban J connectivity index is 1.96. The number of carbonyl (C=O) groups is 1. The van der Waals surface area contributed by atoms with Gasteiger partial charge in [-0.2, -0.15) is 13.2 Å². The molecule has 1 aliphatic rings. The van der Waals surface area contributed by atoms with E-state index in [1.165, 1.54) is 11.3 Å². The molecule has 0 unspecified atom stereocenters. The van der Waals surface area contributed by atoms with Crippen LogP contribution in [0.5, 0.6) is 0 Å². The van der Waals surface area contributed by atoms with E-state index in [0.29, 0.717) is 16.9 Å². The van der Waals surface area contributed by atoms with Crippen LogP contribution < -0.4 is 5.84 Å². The summed E-state index contributed by atoms with van der Waals surface area (Å²) in [5, 5.41) is 11.1. The van der Waals surface area contributed by atoms with Gasteiger partial charge in [0.05, 0.1) is 12.0 Å². The van der Waals surface area contributed by atoms with Crippen molar-refractivity contribution in [2.75, 3.05) is 6.54 Å². The first-order valence-corrected chi connectivity index (χ1v) is 10.3. The van der Waals surface area contributed by atoms with Crippen LogP contribution >= 0.6 is 11.3 Å². The summed E-state index contributed by atoms with van der Waals surface area (Å²) in [5.74, 6) is 4.85. The smallest absolute Gasteiger partial charge is 0.390 e. The van der Waals surface area contributed by atoms with Gasteiger partial charge < -0.3 is 5.11 Å². The lowest BCUT2D eigenvalue weighted by Crippen LogP contribution is -2.34. The normalized spacial score (nSPS) is 16.1. The Morgan fingerprint density at radius 3 is 2.66 bits per heavy atom. The van der Waals surface area contributed by atoms with E-state index in [0.717, 1.165) is 39.4 Å². The van der Waals surface area contributed by atoms with Crippen molar-refractivity contribution in [3.8, 4) is 10.4 Å². The molecule has 0 aliphatic heterocycles. The van der Waals surface area contributed by atoms with Crippen molar-refractivity contribution >= 4 is 17.3 Å². The minimum Gasteiger partial charge on any atom is -0.478 e. The number of thiophene rings is 1. The van der Waals surface area contributed by atoms with Crippen molar-refractivity contribution in [1.29, 1.82) is 0 Å². The van der Waals surface area contributed by atoms with Gasteiger partial charge >= 0.3 is 12.1 Å². The van der Waals surface area contributed by atoms with Crippen LogP contribution in [0.3, 0.4) is 0 Å². The van der Waals surface area contributed by atoms with Crippen LogP contribution in [0.2, 0.25) is 0 Å². The van der Waals surface area contributed by atoms with Crippen molar-refractivity contribution in [2.45, 2.75) is 52.3 Å². The van der Waals surface area contributed by atoms with Gasteiger partial charge in [0, 0.05) is 22.8 Å². The lowest BCUT2D eigenvalue weighted by atomic mass is 9.76. The molecule has 0 bridgehead atoms. The third-order valence-corrected chi connectivity index (χ3v) is 6.63. The number of aromatic carboxylic acids is 1. The zero-order valence-corrected chi connectivity index (χ0v) is 17.3. The summed E-state index contributed by atoms with van der Waals surface area (Å²) in [6.45, 7) is 4.07. The van der Waals surface area contributed by atoms with Gasteiger partial charge in [0.25, 0.3) is 0 Å². The molecule has 0 radical (unpaired) electrons. The number of carboxylic acid groups (broad SMARTS) is 1. The number of nitrogens with zero attached hydrogens (tertiary/aromatic N) is 1. The van der Waals surface area contributed by atoms with Crippen LogP contribution in [0.15, 0.2) is 24.3 Å². The topological polar surface area (TPSA) is 66.6 Å². The second-order valence-corrected chi connectivity index (χ2v) is 9.45. The molecule has 8 heteroatoms. The molecule has 0 fully saturated rings. The van der Waals surface area contributed by atoms with Crippen molar-refractivity contribution in [2.24, 2.45) is 11.3 Å². The number of nitrogens with two attached hydrogens (primary N) is 1. The van der Waals surface area contributed by atoms with Crippen molar-refractivity contribution in [3.05, 3.63) is 45.8 Å².